The number of aliphatic hydroxyl groups is 1. The second kappa shape index (κ2) is 6.40. The number of aliphatic hydroxyl groups excluding tert-OH is 1. The SMILES string of the molecule is CCC1CCCN1S(=O)(=O)c1ccccc1C#CCO. The van der Waals surface area contributed by atoms with Crippen LogP contribution in [0.15, 0.2) is 29.2 Å². The van der Waals surface area contributed by atoms with Crippen LogP contribution in [-0.4, -0.2) is 37.0 Å². The third-order valence-corrected chi connectivity index (χ3v) is 5.58. The molecule has 0 saturated carbocycles. The molecular formula is C15H19NO3S. The van der Waals surface area contributed by atoms with Gasteiger partial charge in [0, 0.05) is 18.2 Å². The van der Waals surface area contributed by atoms with Gasteiger partial charge >= 0.3 is 0 Å². The van der Waals surface area contributed by atoms with Gasteiger partial charge in [-0.3, -0.25) is 0 Å². The summed E-state index contributed by atoms with van der Waals surface area (Å²) in [6.45, 7) is 2.30. The summed E-state index contributed by atoms with van der Waals surface area (Å²) in [5.74, 6) is 5.23. The summed E-state index contributed by atoms with van der Waals surface area (Å²) >= 11 is 0. The van der Waals surface area contributed by atoms with Crippen molar-refractivity contribution < 1.29 is 13.5 Å². The van der Waals surface area contributed by atoms with Crippen LogP contribution in [0.2, 0.25) is 0 Å². The van der Waals surface area contributed by atoms with Gasteiger partial charge in [-0.2, -0.15) is 4.31 Å². The smallest absolute Gasteiger partial charge is 0.244 e. The van der Waals surface area contributed by atoms with Crippen molar-refractivity contribution in [1.29, 1.82) is 0 Å². The van der Waals surface area contributed by atoms with E-state index in [1.807, 2.05) is 6.92 Å². The lowest BCUT2D eigenvalue weighted by atomic mass is 10.2. The quantitative estimate of drug-likeness (QED) is 0.861. The zero-order chi connectivity index (χ0) is 14.6. The summed E-state index contributed by atoms with van der Waals surface area (Å²) in [5.41, 5.74) is 0.448. The van der Waals surface area contributed by atoms with E-state index in [1.165, 1.54) is 0 Å². The molecule has 1 atom stereocenters. The molecule has 20 heavy (non-hydrogen) atoms. The molecule has 0 spiro atoms. The first kappa shape index (κ1) is 15.0. The molecule has 0 radical (unpaired) electrons. The molecule has 1 aromatic rings. The molecule has 1 heterocycles. The number of sulfonamides is 1. The van der Waals surface area contributed by atoms with Crippen molar-refractivity contribution in [2.75, 3.05) is 13.2 Å². The van der Waals surface area contributed by atoms with Crippen LogP contribution >= 0.6 is 0 Å². The van der Waals surface area contributed by atoms with E-state index < -0.39 is 10.0 Å². The maximum absolute atomic E-state index is 12.8. The summed E-state index contributed by atoms with van der Waals surface area (Å²) < 4.78 is 27.2. The number of hydrogen-bond acceptors (Lipinski definition) is 3. The highest BCUT2D eigenvalue weighted by Gasteiger charge is 2.35. The Kier molecular flexibility index (Phi) is 4.81. The minimum Gasteiger partial charge on any atom is -0.384 e. The van der Waals surface area contributed by atoms with Crippen molar-refractivity contribution in [2.24, 2.45) is 0 Å². The van der Waals surface area contributed by atoms with E-state index in [0.717, 1.165) is 19.3 Å². The Balaban J connectivity index is 2.44. The first-order chi connectivity index (χ1) is 9.61. The van der Waals surface area contributed by atoms with Crippen LogP contribution in [0, 0.1) is 11.8 Å². The van der Waals surface area contributed by atoms with E-state index in [2.05, 4.69) is 11.8 Å². The molecule has 0 aromatic heterocycles. The van der Waals surface area contributed by atoms with Gasteiger partial charge in [-0.05, 0) is 31.4 Å². The molecular weight excluding hydrogens is 274 g/mol. The van der Waals surface area contributed by atoms with E-state index in [9.17, 15) is 8.42 Å². The maximum Gasteiger partial charge on any atom is 0.244 e. The third kappa shape index (κ3) is 2.88. The molecule has 0 bridgehead atoms. The summed E-state index contributed by atoms with van der Waals surface area (Å²) in [7, 11) is -3.51. The second-order valence-corrected chi connectivity index (χ2v) is 6.64. The van der Waals surface area contributed by atoms with Crippen molar-refractivity contribution >= 4 is 10.0 Å². The van der Waals surface area contributed by atoms with Crippen molar-refractivity contribution in [3.63, 3.8) is 0 Å². The van der Waals surface area contributed by atoms with Crippen LogP contribution < -0.4 is 0 Å². The standard InChI is InChI=1S/C15H19NO3S/c1-2-14-9-5-11-16(14)20(18,19)15-10-4-3-7-13(15)8-6-12-17/h3-4,7,10,14,17H,2,5,9,11-12H2,1H3. The molecule has 2 rings (SSSR count). The highest BCUT2D eigenvalue weighted by Crippen LogP contribution is 2.29. The summed E-state index contributed by atoms with van der Waals surface area (Å²) in [4.78, 5) is 0.237. The molecule has 1 saturated heterocycles. The first-order valence-electron chi connectivity index (χ1n) is 6.82. The van der Waals surface area contributed by atoms with E-state index >= 15 is 0 Å². The Morgan fingerprint density at radius 1 is 1.40 bits per heavy atom. The number of benzene rings is 1. The number of nitrogens with zero attached hydrogens (tertiary/aromatic N) is 1. The van der Waals surface area contributed by atoms with Crippen LogP contribution in [0.1, 0.15) is 31.7 Å². The van der Waals surface area contributed by atoms with Gasteiger partial charge in [0.2, 0.25) is 10.0 Å². The molecule has 5 heteroatoms. The average Bonchev–Trinajstić information content (AvgIpc) is 2.94. The molecule has 4 nitrogen and oxygen atoms in total. The van der Waals surface area contributed by atoms with Crippen molar-refractivity contribution in [3.05, 3.63) is 29.8 Å². The normalized spacial score (nSPS) is 19.6. The minimum absolute atomic E-state index is 0.0823. The lowest BCUT2D eigenvalue weighted by Gasteiger charge is -2.23. The zero-order valence-electron chi connectivity index (χ0n) is 11.5. The topological polar surface area (TPSA) is 57.6 Å². The Morgan fingerprint density at radius 2 is 2.15 bits per heavy atom. The minimum atomic E-state index is -3.51. The average molecular weight is 293 g/mol. The largest absolute Gasteiger partial charge is 0.384 e. The van der Waals surface area contributed by atoms with Crippen molar-refractivity contribution in [2.45, 2.75) is 37.1 Å². The van der Waals surface area contributed by atoms with Crippen molar-refractivity contribution in [1.82, 2.24) is 4.31 Å². The van der Waals surface area contributed by atoms with Crippen LogP contribution in [0.25, 0.3) is 0 Å². The molecule has 108 valence electrons. The van der Waals surface area contributed by atoms with Crippen LogP contribution in [0.5, 0.6) is 0 Å². The number of hydrogen-bond donors (Lipinski definition) is 1. The molecule has 1 N–H and O–H groups in total. The molecule has 0 aliphatic carbocycles. The van der Waals surface area contributed by atoms with E-state index in [-0.39, 0.29) is 17.5 Å². The monoisotopic (exact) mass is 293 g/mol. The highest BCUT2D eigenvalue weighted by atomic mass is 32.2. The zero-order valence-corrected chi connectivity index (χ0v) is 12.4. The summed E-state index contributed by atoms with van der Waals surface area (Å²) in [6, 6.07) is 6.79. The molecule has 1 aliphatic rings. The molecule has 0 amide bonds. The van der Waals surface area contributed by atoms with Gasteiger partial charge in [0.05, 0.1) is 4.90 Å². The van der Waals surface area contributed by atoms with Crippen LogP contribution in [0.4, 0.5) is 0 Å². The lowest BCUT2D eigenvalue weighted by molar-refractivity contribution is 0.350. The van der Waals surface area contributed by atoms with Crippen LogP contribution in [-0.2, 0) is 10.0 Å². The van der Waals surface area contributed by atoms with Gasteiger partial charge in [-0.1, -0.05) is 30.9 Å². The Hall–Kier alpha value is -1.35. The van der Waals surface area contributed by atoms with E-state index in [4.69, 9.17) is 5.11 Å². The Morgan fingerprint density at radius 3 is 2.85 bits per heavy atom. The molecule has 1 fully saturated rings. The molecule has 1 aromatic carbocycles. The van der Waals surface area contributed by atoms with Gasteiger partial charge in [0.15, 0.2) is 0 Å². The summed E-state index contributed by atoms with van der Waals surface area (Å²) in [6.07, 6.45) is 2.64. The lowest BCUT2D eigenvalue weighted by Crippen LogP contribution is -2.35. The number of rotatable bonds is 3. The molecule has 1 unspecified atom stereocenters. The maximum atomic E-state index is 12.8. The fourth-order valence-corrected chi connectivity index (χ4v) is 4.51. The third-order valence-electron chi connectivity index (χ3n) is 3.57. The Bertz CT molecular complexity index is 628. The van der Waals surface area contributed by atoms with Gasteiger partial charge < -0.3 is 5.11 Å². The molecule has 1 aliphatic heterocycles. The van der Waals surface area contributed by atoms with Crippen LogP contribution in [0.3, 0.4) is 0 Å². The first-order valence-corrected chi connectivity index (χ1v) is 8.26. The Labute approximate surface area is 120 Å². The van der Waals surface area contributed by atoms with Gasteiger partial charge in [-0.15, -0.1) is 0 Å². The van der Waals surface area contributed by atoms with Crippen molar-refractivity contribution in [3.8, 4) is 11.8 Å². The fraction of sp³-hybridized carbons (Fsp3) is 0.467. The highest BCUT2D eigenvalue weighted by molar-refractivity contribution is 7.89. The van der Waals surface area contributed by atoms with Gasteiger partial charge in [-0.25, -0.2) is 8.42 Å². The predicted molar refractivity (Wildman–Crippen MR) is 77.6 cm³/mol. The van der Waals surface area contributed by atoms with Gasteiger partial charge in [0.1, 0.15) is 6.61 Å². The van der Waals surface area contributed by atoms with E-state index in [1.54, 1.807) is 28.6 Å². The second-order valence-electron chi connectivity index (χ2n) is 4.78. The van der Waals surface area contributed by atoms with E-state index in [0.29, 0.717) is 12.1 Å². The fourth-order valence-electron chi connectivity index (χ4n) is 2.59. The van der Waals surface area contributed by atoms with Gasteiger partial charge in [0.25, 0.3) is 0 Å². The predicted octanol–water partition coefficient (Wildman–Crippen LogP) is 1.59. The summed E-state index contributed by atoms with van der Waals surface area (Å²) in [5, 5.41) is 8.78.